The molecule has 112 valence electrons. The summed E-state index contributed by atoms with van der Waals surface area (Å²) in [6.45, 7) is 0.876. The topological polar surface area (TPSA) is 50.8 Å². The first kappa shape index (κ1) is 13.3. The summed E-state index contributed by atoms with van der Waals surface area (Å²) in [4.78, 5) is 14.0. The van der Waals surface area contributed by atoms with Gasteiger partial charge in [-0.2, -0.15) is 0 Å². The first-order chi connectivity index (χ1) is 10.7. The molecule has 2 aliphatic rings. The summed E-state index contributed by atoms with van der Waals surface area (Å²) in [5.41, 5.74) is 2.54. The number of nitrogens with zero attached hydrogens (tertiary/aromatic N) is 1. The number of anilines is 2. The maximum absolute atomic E-state index is 12.3. The largest absolute Gasteiger partial charge is 0.454 e. The van der Waals surface area contributed by atoms with E-state index in [0.29, 0.717) is 23.1 Å². The summed E-state index contributed by atoms with van der Waals surface area (Å²) in [6, 6.07) is 11.2. The number of halogens is 1. The molecule has 0 unspecified atom stereocenters. The van der Waals surface area contributed by atoms with Crippen LogP contribution in [0.5, 0.6) is 11.5 Å². The molecule has 0 saturated heterocycles. The van der Waals surface area contributed by atoms with Crippen LogP contribution in [0, 0.1) is 0 Å². The number of hydrogen-bond acceptors (Lipinski definition) is 4. The standard InChI is InChI=1S/C16H13ClN2O3/c17-11-4-2-1-3-10(11)8-19-13-6-15-14(21-9-22-15)5-12(13)18-7-16(19)20/h1-6,18H,7-9H2. The van der Waals surface area contributed by atoms with Crippen molar-refractivity contribution in [1.82, 2.24) is 0 Å². The number of benzene rings is 2. The molecule has 4 rings (SSSR count). The van der Waals surface area contributed by atoms with Crippen LogP contribution in [-0.4, -0.2) is 19.2 Å². The zero-order valence-corrected chi connectivity index (χ0v) is 12.4. The average molecular weight is 317 g/mol. The van der Waals surface area contributed by atoms with Gasteiger partial charge in [-0.05, 0) is 11.6 Å². The fraction of sp³-hybridized carbons (Fsp3) is 0.188. The molecular formula is C16H13ClN2O3. The Morgan fingerprint density at radius 2 is 1.95 bits per heavy atom. The van der Waals surface area contributed by atoms with E-state index in [1.165, 1.54) is 0 Å². The van der Waals surface area contributed by atoms with Gasteiger partial charge in [0.05, 0.1) is 24.5 Å². The smallest absolute Gasteiger partial charge is 0.246 e. The molecule has 0 aliphatic carbocycles. The summed E-state index contributed by atoms with van der Waals surface area (Å²) in [7, 11) is 0. The van der Waals surface area contributed by atoms with Gasteiger partial charge in [0.1, 0.15) is 0 Å². The van der Waals surface area contributed by atoms with E-state index in [0.717, 1.165) is 16.9 Å². The molecule has 1 amide bonds. The molecule has 22 heavy (non-hydrogen) atoms. The SMILES string of the molecule is O=C1CNc2cc3c(cc2N1Cc1ccccc1Cl)OCO3. The lowest BCUT2D eigenvalue weighted by atomic mass is 10.1. The summed E-state index contributed by atoms with van der Waals surface area (Å²) >= 11 is 6.21. The molecule has 0 saturated carbocycles. The van der Waals surface area contributed by atoms with Gasteiger partial charge in [-0.25, -0.2) is 0 Å². The van der Waals surface area contributed by atoms with E-state index in [-0.39, 0.29) is 19.2 Å². The fourth-order valence-electron chi connectivity index (χ4n) is 2.67. The van der Waals surface area contributed by atoms with Gasteiger partial charge in [0.15, 0.2) is 11.5 Å². The number of amides is 1. The van der Waals surface area contributed by atoms with Gasteiger partial charge in [-0.3, -0.25) is 4.79 Å². The molecule has 2 aromatic carbocycles. The maximum atomic E-state index is 12.3. The van der Waals surface area contributed by atoms with Gasteiger partial charge in [0, 0.05) is 17.2 Å². The summed E-state index contributed by atoms with van der Waals surface area (Å²) in [6.07, 6.45) is 0. The number of hydrogen-bond donors (Lipinski definition) is 1. The predicted molar refractivity (Wildman–Crippen MR) is 83.7 cm³/mol. The van der Waals surface area contributed by atoms with E-state index in [1.54, 1.807) is 4.90 Å². The molecule has 0 radical (unpaired) electrons. The molecule has 2 aromatic rings. The number of carbonyl (C=O) groups excluding carboxylic acids is 1. The number of rotatable bonds is 2. The second kappa shape index (κ2) is 5.10. The Bertz CT molecular complexity index is 763. The summed E-state index contributed by atoms with van der Waals surface area (Å²) in [5.74, 6) is 1.34. The van der Waals surface area contributed by atoms with E-state index < -0.39 is 0 Å². The summed E-state index contributed by atoms with van der Waals surface area (Å²) in [5, 5.41) is 3.76. The molecule has 1 N–H and O–H groups in total. The van der Waals surface area contributed by atoms with Gasteiger partial charge >= 0.3 is 0 Å². The van der Waals surface area contributed by atoms with E-state index in [1.807, 2.05) is 36.4 Å². The first-order valence-electron chi connectivity index (χ1n) is 6.93. The minimum absolute atomic E-state index is 0.00807. The Morgan fingerprint density at radius 1 is 1.18 bits per heavy atom. The van der Waals surface area contributed by atoms with Gasteiger partial charge in [0.25, 0.3) is 0 Å². The quantitative estimate of drug-likeness (QED) is 0.925. The molecule has 2 heterocycles. The van der Waals surface area contributed by atoms with Crippen LogP contribution in [0.4, 0.5) is 11.4 Å². The van der Waals surface area contributed by atoms with Crippen LogP contribution in [0.25, 0.3) is 0 Å². The van der Waals surface area contributed by atoms with Crippen LogP contribution in [0.2, 0.25) is 5.02 Å². The van der Waals surface area contributed by atoms with Crippen molar-refractivity contribution in [2.45, 2.75) is 6.54 Å². The molecule has 2 aliphatic heterocycles. The van der Waals surface area contributed by atoms with Gasteiger partial charge in [0.2, 0.25) is 12.7 Å². The van der Waals surface area contributed by atoms with E-state index in [4.69, 9.17) is 21.1 Å². The third-order valence-electron chi connectivity index (χ3n) is 3.80. The minimum atomic E-state index is -0.00807. The highest BCUT2D eigenvalue weighted by molar-refractivity contribution is 6.31. The van der Waals surface area contributed by atoms with Crippen molar-refractivity contribution in [3.8, 4) is 11.5 Å². The average Bonchev–Trinajstić information content (AvgIpc) is 2.97. The molecule has 0 aromatic heterocycles. The van der Waals surface area contributed by atoms with Crippen LogP contribution < -0.4 is 19.7 Å². The van der Waals surface area contributed by atoms with Crippen LogP contribution in [0.3, 0.4) is 0 Å². The van der Waals surface area contributed by atoms with E-state index in [9.17, 15) is 4.79 Å². The van der Waals surface area contributed by atoms with Crippen molar-refractivity contribution in [2.75, 3.05) is 23.6 Å². The van der Waals surface area contributed by atoms with Crippen LogP contribution in [0.15, 0.2) is 36.4 Å². The first-order valence-corrected chi connectivity index (χ1v) is 7.31. The molecule has 6 heteroatoms. The molecule has 0 atom stereocenters. The normalized spacial score (nSPS) is 15.5. The monoisotopic (exact) mass is 316 g/mol. The Morgan fingerprint density at radius 3 is 2.77 bits per heavy atom. The number of fused-ring (bicyclic) bond motifs is 2. The molecule has 0 bridgehead atoms. The number of nitrogens with one attached hydrogen (secondary N) is 1. The van der Waals surface area contributed by atoms with Crippen LogP contribution in [0.1, 0.15) is 5.56 Å². The van der Waals surface area contributed by atoms with Crippen molar-refractivity contribution in [3.63, 3.8) is 0 Å². The third kappa shape index (κ3) is 2.14. The molecular weight excluding hydrogens is 304 g/mol. The Hall–Kier alpha value is -2.40. The van der Waals surface area contributed by atoms with E-state index in [2.05, 4.69) is 5.32 Å². The Labute approximate surface area is 132 Å². The predicted octanol–water partition coefficient (Wildman–Crippen LogP) is 3.03. The van der Waals surface area contributed by atoms with E-state index >= 15 is 0 Å². The summed E-state index contributed by atoms with van der Waals surface area (Å²) < 4.78 is 10.8. The van der Waals surface area contributed by atoms with Gasteiger partial charge < -0.3 is 19.7 Å². The van der Waals surface area contributed by atoms with Crippen molar-refractivity contribution in [3.05, 3.63) is 47.0 Å². The van der Waals surface area contributed by atoms with Crippen molar-refractivity contribution in [1.29, 1.82) is 0 Å². The second-order valence-electron chi connectivity index (χ2n) is 5.15. The Kier molecular flexibility index (Phi) is 3.08. The zero-order valence-electron chi connectivity index (χ0n) is 11.6. The van der Waals surface area contributed by atoms with Crippen LogP contribution >= 0.6 is 11.6 Å². The van der Waals surface area contributed by atoms with Crippen molar-refractivity contribution < 1.29 is 14.3 Å². The third-order valence-corrected chi connectivity index (χ3v) is 4.17. The fourth-order valence-corrected chi connectivity index (χ4v) is 2.86. The lowest BCUT2D eigenvalue weighted by Crippen LogP contribution is -2.39. The van der Waals surface area contributed by atoms with Gasteiger partial charge in [-0.1, -0.05) is 29.8 Å². The highest BCUT2D eigenvalue weighted by atomic mass is 35.5. The molecule has 0 fully saturated rings. The number of carbonyl (C=O) groups is 1. The van der Waals surface area contributed by atoms with Crippen molar-refractivity contribution >= 4 is 28.9 Å². The highest BCUT2D eigenvalue weighted by Gasteiger charge is 2.28. The second-order valence-corrected chi connectivity index (χ2v) is 5.55. The lowest BCUT2D eigenvalue weighted by Gasteiger charge is -2.30. The molecule has 5 nitrogen and oxygen atoms in total. The van der Waals surface area contributed by atoms with Crippen LogP contribution in [-0.2, 0) is 11.3 Å². The Balaban J connectivity index is 1.74. The molecule has 0 spiro atoms. The zero-order chi connectivity index (χ0) is 15.1. The van der Waals surface area contributed by atoms with Gasteiger partial charge in [-0.15, -0.1) is 0 Å². The lowest BCUT2D eigenvalue weighted by molar-refractivity contribution is -0.117. The number of ether oxygens (including phenoxy) is 2. The maximum Gasteiger partial charge on any atom is 0.246 e. The van der Waals surface area contributed by atoms with Crippen molar-refractivity contribution in [2.24, 2.45) is 0 Å². The highest BCUT2D eigenvalue weighted by Crippen LogP contribution is 2.43. The minimum Gasteiger partial charge on any atom is -0.454 e.